The molecule has 0 saturated carbocycles. The van der Waals surface area contributed by atoms with E-state index in [9.17, 15) is 9.59 Å². The summed E-state index contributed by atoms with van der Waals surface area (Å²) >= 11 is 0. The fourth-order valence-electron chi connectivity index (χ4n) is 1.30. The smallest absolute Gasteiger partial charge is 0.326 e. The number of urea groups is 1. The molecular formula is C11H22N2O3. The maximum absolute atomic E-state index is 11.3. The lowest BCUT2D eigenvalue weighted by Gasteiger charge is -2.12. The first kappa shape index (κ1) is 14.7. The van der Waals surface area contributed by atoms with Gasteiger partial charge >= 0.3 is 12.0 Å². The van der Waals surface area contributed by atoms with E-state index in [-0.39, 0.29) is 0 Å². The minimum absolute atomic E-state index is 0.387. The lowest BCUT2D eigenvalue weighted by atomic mass is 10.2. The lowest BCUT2D eigenvalue weighted by molar-refractivity contribution is -0.139. The molecule has 0 fully saturated rings. The van der Waals surface area contributed by atoms with Gasteiger partial charge in [-0.2, -0.15) is 0 Å². The molecule has 0 aliphatic carbocycles. The zero-order valence-electron chi connectivity index (χ0n) is 10.1. The van der Waals surface area contributed by atoms with E-state index in [1.54, 1.807) is 6.92 Å². The summed E-state index contributed by atoms with van der Waals surface area (Å²) in [5.74, 6) is -0.997. The predicted molar refractivity (Wildman–Crippen MR) is 62.4 cm³/mol. The van der Waals surface area contributed by atoms with Gasteiger partial charge in [-0.15, -0.1) is 0 Å². The Hall–Kier alpha value is -1.26. The van der Waals surface area contributed by atoms with Crippen LogP contribution in [0.2, 0.25) is 0 Å². The third kappa shape index (κ3) is 7.09. The summed E-state index contributed by atoms with van der Waals surface area (Å²) in [5.41, 5.74) is 0. The number of amides is 2. The van der Waals surface area contributed by atoms with Gasteiger partial charge in [0.1, 0.15) is 6.04 Å². The molecule has 0 aromatic heterocycles. The fraction of sp³-hybridized carbons (Fsp3) is 0.818. The second-order valence-corrected chi connectivity index (χ2v) is 3.76. The number of carbonyl (C=O) groups excluding carboxylic acids is 1. The molecule has 3 N–H and O–H groups in total. The first-order valence-electron chi connectivity index (χ1n) is 5.89. The van der Waals surface area contributed by atoms with E-state index >= 15 is 0 Å². The van der Waals surface area contributed by atoms with Gasteiger partial charge in [-0.3, -0.25) is 0 Å². The van der Waals surface area contributed by atoms with E-state index in [0.717, 1.165) is 25.7 Å². The monoisotopic (exact) mass is 230 g/mol. The number of hydrogen-bond acceptors (Lipinski definition) is 2. The number of aliphatic carboxylic acids is 1. The molecule has 0 aromatic carbocycles. The molecule has 0 radical (unpaired) electrons. The van der Waals surface area contributed by atoms with Gasteiger partial charge in [-0.1, -0.05) is 33.1 Å². The van der Waals surface area contributed by atoms with E-state index in [4.69, 9.17) is 5.11 Å². The average molecular weight is 230 g/mol. The van der Waals surface area contributed by atoms with Crippen molar-refractivity contribution in [3.8, 4) is 0 Å². The zero-order chi connectivity index (χ0) is 12.4. The molecule has 1 atom stereocenters. The highest BCUT2D eigenvalue weighted by atomic mass is 16.4. The summed E-state index contributed by atoms with van der Waals surface area (Å²) in [5, 5.41) is 13.8. The van der Waals surface area contributed by atoms with E-state index in [1.807, 2.05) is 0 Å². The largest absolute Gasteiger partial charge is 0.480 e. The normalized spacial score (nSPS) is 11.9. The van der Waals surface area contributed by atoms with Crippen LogP contribution in [0.15, 0.2) is 0 Å². The van der Waals surface area contributed by atoms with Crippen molar-refractivity contribution in [2.75, 3.05) is 6.54 Å². The molecule has 94 valence electrons. The van der Waals surface area contributed by atoms with E-state index < -0.39 is 18.0 Å². The van der Waals surface area contributed by atoms with Crippen molar-refractivity contribution < 1.29 is 14.7 Å². The molecule has 16 heavy (non-hydrogen) atoms. The highest BCUT2D eigenvalue weighted by Gasteiger charge is 2.16. The van der Waals surface area contributed by atoms with Crippen LogP contribution >= 0.6 is 0 Å². The van der Waals surface area contributed by atoms with Gasteiger partial charge in [0.15, 0.2) is 0 Å². The van der Waals surface area contributed by atoms with Crippen LogP contribution in [0.4, 0.5) is 4.79 Å². The summed E-state index contributed by atoms with van der Waals surface area (Å²) in [6, 6.07) is -1.19. The van der Waals surface area contributed by atoms with Gasteiger partial charge in [0, 0.05) is 6.54 Å². The van der Waals surface area contributed by atoms with Crippen molar-refractivity contribution in [2.45, 2.75) is 52.0 Å². The Labute approximate surface area is 96.6 Å². The van der Waals surface area contributed by atoms with Crippen LogP contribution in [0, 0.1) is 0 Å². The maximum Gasteiger partial charge on any atom is 0.326 e. The number of nitrogens with one attached hydrogen (secondary N) is 2. The third-order valence-electron chi connectivity index (χ3n) is 2.33. The fourth-order valence-corrected chi connectivity index (χ4v) is 1.30. The number of unbranched alkanes of at least 4 members (excludes halogenated alkanes) is 3. The summed E-state index contributed by atoms with van der Waals surface area (Å²) in [4.78, 5) is 21.9. The number of carbonyl (C=O) groups is 2. The van der Waals surface area contributed by atoms with E-state index in [0.29, 0.717) is 13.0 Å². The third-order valence-corrected chi connectivity index (χ3v) is 2.33. The van der Waals surface area contributed by atoms with E-state index in [2.05, 4.69) is 17.6 Å². The van der Waals surface area contributed by atoms with Crippen molar-refractivity contribution in [1.82, 2.24) is 10.6 Å². The van der Waals surface area contributed by atoms with Crippen LogP contribution in [-0.2, 0) is 4.79 Å². The highest BCUT2D eigenvalue weighted by molar-refractivity contribution is 5.82. The molecule has 0 unspecified atom stereocenters. The molecule has 0 aliphatic rings. The molecule has 0 aliphatic heterocycles. The predicted octanol–water partition coefficient (Wildman–Crippen LogP) is 1.73. The second kappa shape index (κ2) is 9.00. The molecule has 5 nitrogen and oxygen atoms in total. The number of carboxylic acids is 1. The van der Waals surface area contributed by atoms with Gasteiger partial charge < -0.3 is 15.7 Å². The van der Waals surface area contributed by atoms with Gasteiger partial charge in [0.25, 0.3) is 0 Å². The first-order chi connectivity index (χ1) is 7.61. The standard InChI is InChI=1S/C11H22N2O3/c1-3-5-6-7-8-12-11(16)13-9(4-2)10(14)15/h9H,3-8H2,1-2H3,(H,14,15)(H2,12,13,16)/t9-/m1/s1. The van der Waals surface area contributed by atoms with Crippen molar-refractivity contribution in [1.29, 1.82) is 0 Å². The molecule has 2 amide bonds. The van der Waals surface area contributed by atoms with Crippen LogP contribution < -0.4 is 10.6 Å². The van der Waals surface area contributed by atoms with Crippen LogP contribution in [-0.4, -0.2) is 29.7 Å². The van der Waals surface area contributed by atoms with Crippen molar-refractivity contribution in [3.63, 3.8) is 0 Å². The quantitative estimate of drug-likeness (QED) is 0.556. The van der Waals surface area contributed by atoms with Gasteiger partial charge in [-0.25, -0.2) is 9.59 Å². The summed E-state index contributed by atoms with van der Waals surface area (Å²) in [7, 11) is 0. The summed E-state index contributed by atoms with van der Waals surface area (Å²) in [6.07, 6.45) is 4.73. The molecule has 0 heterocycles. The van der Waals surface area contributed by atoms with Crippen LogP contribution in [0.3, 0.4) is 0 Å². The minimum Gasteiger partial charge on any atom is -0.480 e. The van der Waals surface area contributed by atoms with Crippen molar-refractivity contribution in [2.24, 2.45) is 0 Å². The first-order valence-corrected chi connectivity index (χ1v) is 5.89. The summed E-state index contributed by atoms with van der Waals surface area (Å²) in [6.45, 7) is 4.45. The Kier molecular flexibility index (Phi) is 8.29. The molecule has 0 rings (SSSR count). The Morgan fingerprint density at radius 1 is 1.19 bits per heavy atom. The van der Waals surface area contributed by atoms with Gasteiger partial charge in [0.05, 0.1) is 0 Å². The van der Waals surface area contributed by atoms with Crippen LogP contribution in [0.25, 0.3) is 0 Å². The average Bonchev–Trinajstić information content (AvgIpc) is 2.25. The molecule has 0 spiro atoms. The maximum atomic E-state index is 11.3. The number of carboxylic acid groups (broad SMARTS) is 1. The Bertz CT molecular complexity index is 219. The number of hydrogen-bond donors (Lipinski definition) is 3. The molecule has 0 bridgehead atoms. The van der Waals surface area contributed by atoms with E-state index in [1.165, 1.54) is 0 Å². The topological polar surface area (TPSA) is 78.4 Å². The zero-order valence-corrected chi connectivity index (χ0v) is 10.1. The Balaban J connectivity index is 3.61. The number of rotatable bonds is 8. The summed E-state index contributed by atoms with van der Waals surface area (Å²) < 4.78 is 0. The van der Waals surface area contributed by atoms with Gasteiger partial charge in [0.2, 0.25) is 0 Å². The van der Waals surface area contributed by atoms with Crippen LogP contribution in [0.5, 0.6) is 0 Å². The van der Waals surface area contributed by atoms with Crippen molar-refractivity contribution in [3.05, 3.63) is 0 Å². The molecule has 0 saturated heterocycles. The van der Waals surface area contributed by atoms with Gasteiger partial charge in [-0.05, 0) is 12.8 Å². The molecular weight excluding hydrogens is 208 g/mol. The lowest BCUT2D eigenvalue weighted by Crippen LogP contribution is -2.45. The Morgan fingerprint density at radius 3 is 2.38 bits per heavy atom. The second-order valence-electron chi connectivity index (χ2n) is 3.76. The SMILES string of the molecule is CCCCCCNC(=O)N[C@H](CC)C(=O)O. The van der Waals surface area contributed by atoms with Crippen molar-refractivity contribution >= 4 is 12.0 Å². The molecule has 5 heteroatoms. The minimum atomic E-state index is -0.997. The highest BCUT2D eigenvalue weighted by Crippen LogP contribution is 1.97. The Morgan fingerprint density at radius 2 is 1.88 bits per heavy atom. The molecule has 0 aromatic rings. The van der Waals surface area contributed by atoms with Crippen LogP contribution in [0.1, 0.15) is 46.0 Å².